The van der Waals surface area contributed by atoms with Crippen LogP contribution in [-0.2, 0) is 0 Å². The normalized spacial score (nSPS) is 14.5. The Morgan fingerprint density at radius 2 is 1.05 bits per heavy atom. The van der Waals surface area contributed by atoms with Crippen LogP contribution >= 0.6 is 0 Å². The summed E-state index contributed by atoms with van der Waals surface area (Å²) in [6.07, 6.45) is 12.5. The van der Waals surface area contributed by atoms with Crippen molar-refractivity contribution in [3.8, 4) is 0 Å². The third-order valence-electron chi connectivity index (χ3n) is 3.60. The Morgan fingerprint density at radius 1 is 0.632 bits per heavy atom. The van der Waals surface area contributed by atoms with E-state index in [4.69, 9.17) is 10.2 Å². The van der Waals surface area contributed by atoms with Crippen LogP contribution in [0.15, 0.2) is 0 Å². The van der Waals surface area contributed by atoms with Crippen molar-refractivity contribution in [1.82, 2.24) is 0 Å². The molecule has 0 aromatic heterocycles. The largest absolute Gasteiger partial charge is 0.396 e. The van der Waals surface area contributed by atoms with Gasteiger partial charge < -0.3 is 15.3 Å². The molecule has 2 atom stereocenters. The molecular weight excluding hydrogens is 240 g/mol. The maximum atomic E-state index is 9.80. The lowest BCUT2D eigenvalue weighted by molar-refractivity contribution is 0.141. The fraction of sp³-hybridized carbons (Fsp3) is 1.00. The van der Waals surface area contributed by atoms with Gasteiger partial charge in [0.1, 0.15) is 0 Å². The molecule has 0 rings (SSSR count). The summed E-state index contributed by atoms with van der Waals surface area (Å²) in [6, 6.07) is 0. The number of unbranched alkanes of at least 4 members (excludes halogenated alkanes) is 7. The molecule has 3 nitrogen and oxygen atoms in total. The molecule has 0 spiro atoms. The average Bonchev–Trinajstić information content (AvgIpc) is 2.37. The minimum absolute atomic E-state index is 0.150. The first kappa shape index (κ1) is 18.9. The zero-order valence-electron chi connectivity index (χ0n) is 12.7. The highest BCUT2D eigenvalue weighted by Crippen LogP contribution is 2.13. The molecule has 0 heterocycles. The Kier molecular flexibility index (Phi) is 14.2. The second-order valence-electron chi connectivity index (χ2n) is 5.77. The van der Waals surface area contributed by atoms with Crippen molar-refractivity contribution in [1.29, 1.82) is 0 Å². The molecule has 0 aliphatic heterocycles. The fourth-order valence-electron chi connectivity index (χ4n) is 2.34. The Labute approximate surface area is 119 Å². The van der Waals surface area contributed by atoms with Gasteiger partial charge in [0.25, 0.3) is 0 Å². The summed E-state index contributed by atoms with van der Waals surface area (Å²) < 4.78 is 0. The average molecular weight is 274 g/mol. The van der Waals surface area contributed by atoms with Crippen molar-refractivity contribution in [2.24, 2.45) is 0 Å². The minimum atomic E-state index is -0.206. The molecule has 3 N–H and O–H groups in total. The van der Waals surface area contributed by atoms with Gasteiger partial charge in [-0.2, -0.15) is 0 Å². The standard InChI is InChI=1S/C16H34O3/c1-15(18)11-8-9-13-16(19)12-7-5-3-2-4-6-10-14-17/h15-19H,2-14H2,1H3. The molecule has 3 heteroatoms. The third kappa shape index (κ3) is 15.8. The Morgan fingerprint density at radius 3 is 1.58 bits per heavy atom. The number of hydrogen-bond donors (Lipinski definition) is 3. The highest BCUT2D eigenvalue weighted by Gasteiger charge is 2.04. The van der Waals surface area contributed by atoms with Crippen molar-refractivity contribution in [3.05, 3.63) is 0 Å². The monoisotopic (exact) mass is 274 g/mol. The van der Waals surface area contributed by atoms with Gasteiger partial charge in [-0.3, -0.25) is 0 Å². The summed E-state index contributed by atoms with van der Waals surface area (Å²) in [7, 11) is 0. The highest BCUT2D eigenvalue weighted by atomic mass is 16.3. The lowest BCUT2D eigenvalue weighted by Crippen LogP contribution is -2.07. The van der Waals surface area contributed by atoms with Crippen LogP contribution in [-0.4, -0.2) is 34.1 Å². The quantitative estimate of drug-likeness (QED) is 0.425. The molecule has 0 saturated carbocycles. The molecule has 0 aromatic carbocycles. The molecule has 0 aliphatic rings. The summed E-state index contributed by atoms with van der Waals surface area (Å²) in [4.78, 5) is 0. The zero-order valence-corrected chi connectivity index (χ0v) is 12.7. The predicted octanol–water partition coefficient (Wildman–Crippen LogP) is 3.40. The highest BCUT2D eigenvalue weighted by molar-refractivity contribution is 4.58. The van der Waals surface area contributed by atoms with Gasteiger partial charge in [0.15, 0.2) is 0 Å². The van der Waals surface area contributed by atoms with E-state index in [0.717, 1.165) is 51.4 Å². The Hall–Kier alpha value is -0.120. The SMILES string of the molecule is CC(O)CCCCC(O)CCCCCCCCCO. The molecule has 19 heavy (non-hydrogen) atoms. The van der Waals surface area contributed by atoms with E-state index in [2.05, 4.69) is 0 Å². The van der Waals surface area contributed by atoms with Crippen LogP contribution in [0, 0.1) is 0 Å². The molecule has 0 aromatic rings. The van der Waals surface area contributed by atoms with Gasteiger partial charge in [-0.25, -0.2) is 0 Å². The maximum Gasteiger partial charge on any atom is 0.0540 e. The van der Waals surface area contributed by atoms with Crippen LogP contribution in [0.5, 0.6) is 0 Å². The summed E-state index contributed by atoms with van der Waals surface area (Å²) in [6.45, 7) is 2.14. The summed E-state index contributed by atoms with van der Waals surface area (Å²) in [5.74, 6) is 0. The summed E-state index contributed by atoms with van der Waals surface area (Å²) in [5.41, 5.74) is 0. The molecule has 0 bridgehead atoms. The first-order valence-electron chi connectivity index (χ1n) is 8.13. The van der Waals surface area contributed by atoms with E-state index in [0.29, 0.717) is 6.61 Å². The number of rotatable bonds is 14. The van der Waals surface area contributed by atoms with E-state index in [1.165, 1.54) is 25.7 Å². The van der Waals surface area contributed by atoms with Crippen LogP contribution in [0.4, 0.5) is 0 Å². The second kappa shape index (κ2) is 14.3. The van der Waals surface area contributed by atoms with E-state index in [-0.39, 0.29) is 12.2 Å². The van der Waals surface area contributed by atoms with Gasteiger partial charge >= 0.3 is 0 Å². The molecule has 0 radical (unpaired) electrons. The van der Waals surface area contributed by atoms with E-state index in [1.807, 2.05) is 6.92 Å². The van der Waals surface area contributed by atoms with Crippen LogP contribution in [0.3, 0.4) is 0 Å². The smallest absolute Gasteiger partial charge is 0.0540 e. The van der Waals surface area contributed by atoms with Crippen LogP contribution in [0.25, 0.3) is 0 Å². The van der Waals surface area contributed by atoms with Crippen molar-refractivity contribution in [2.45, 2.75) is 96.2 Å². The minimum Gasteiger partial charge on any atom is -0.396 e. The van der Waals surface area contributed by atoms with Crippen LogP contribution in [0.2, 0.25) is 0 Å². The number of aliphatic hydroxyl groups is 3. The summed E-state index contributed by atoms with van der Waals surface area (Å²) >= 11 is 0. The van der Waals surface area contributed by atoms with Crippen molar-refractivity contribution >= 4 is 0 Å². The van der Waals surface area contributed by atoms with E-state index < -0.39 is 0 Å². The van der Waals surface area contributed by atoms with Crippen molar-refractivity contribution in [2.75, 3.05) is 6.61 Å². The van der Waals surface area contributed by atoms with E-state index >= 15 is 0 Å². The van der Waals surface area contributed by atoms with Gasteiger partial charge in [-0.05, 0) is 32.6 Å². The second-order valence-corrected chi connectivity index (χ2v) is 5.77. The van der Waals surface area contributed by atoms with E-state index in [1.54, 1.807) is 0 Å². The third-order valence-corrected chi connectivity index (χ3v) is 3.60. The zero-order chi connectivity index (χ0) is 14.3. The number of hydrogen-bond acceptors (Lipinski definition) is 3. The first-order chi connectivity index (χ1) is 9.16. The number of aliphatic hydroxyl groups excluding tert-OH is 3. The Bertz CT molecular complexity index is 171. The van der Waals surface area contributed by atoms with Crippen molar-refractivity contribution < 1.29 is 15.3 Å². The van der Waals surface area contributed by atoms with Gasteiger partial charge in [0.05, 0.1) is 12.2 Å². The predicted molar refractivity (Wildman–Crippen MR) is 80.2 cm³/mol. The van der Waals surface area contributed by atoms with Gasteiger partial charge in [-0.1, -0.05) is 51.4 Å². The molecule has 0 amide bonds. The van der Waals surface area contributed by atoms with Gasteiger partial charge in [0, 0.05) is 6.61 Å². The molecule has 116 valence electrons. The van der Waals surface area contributed by atoms with Crippen molar-refractivity contribution in [3.63, 3.8) is 0 Å². The fourth-order valence-corrected chi connectivity index (χ4v) is 2.34. The van der Waals surface area contributed by atoms with E-state index in [9.17, 15) is 5.11 Å². The van der Waals surface area contributed by atoms with Crippen LogP contribution < -0.4 is 0 Å². The maximum absolute atomic E-state index is 9.80. The van der Waals surface area contributed by atoms with Gasteiger partial charge in [0.2, 0.25) is 0 Å². The molecule has 0 aliphatic carbocycles. The molecular formula is C16H34O3. The summed E-state index contributed by atoms with van der Waals surface area (Å²) in [5, 5.41) is 27.6. The first-order valence-corrected chi connectivity index (χ1v) is 8.13. The molecule has 2 unspecified atom stereocenters. The Balaban J connectivity index is 3.13. The molecule has 0 saturated heterocycles. The molecule has 0 fully saturated rings. The lowest BCUT2D eigenvalue weighted by Gasteiger charge is -2.10. The lowest BCUT2D eigenvalue weighted by atomic mass is 10.0. The van der Waals surface area contributed by atoms with Crippen LogP contribution in [0.1, 0.15) is 84.0 Å². The van der Waals surface area contributed by atoms with Gasteiger partial charge in [-0.15, -0.1) is 0 Å². The topological polar surface area (TPSA) is 60.7 Å².